The molecule has 0 radical (unpaired) electrons. The van der Waals surface area contributed by atoms with Crippen LogP contribution in [-0.4, -0.2) is 11.7 Å². The van der Waals surface area contributed by atoms with Gasteiger partial charge in [-0.3, -0.25) is 4.79 Å². The highest BCUT2D eigenvalue weighted by atomic mass is 35.5. The Kier molecular flexibility index (Phi) is 5.31. The normalized spacial score (nSPS) is 12.1. The highest BCUT2D eigenvalue weighted by molar-refractivity contribution is 8.00. The third-order valence-electron chi connectivity index (χ3n) is 2.53. The monoisotopic (exact) mass is 311 g/mol. The summed E-state index contributed by atoms with van der Waals surface area (Å²) in [6, 6.07) is 11.6. The Labute approximate surface area is 126 Å². The van der Waals surface area contributed by atoms with Crippen LogP contribution in [0.5, 0.6) is 0 Å². The molecule has 2 nitrogen and oxygen atoms in total. The molecule has 2 aromatic rings. The summed E-state index contributed by atoms with van der Waals surface area (Å²) in [5, 5.41) is 5.71. The van der Waals surface area contributed by atoms with Crippen LogP contribution >= 0.6 is 34.7 Å². The van der Waals surface area contributed by atoms with Gasteiger partial charge in [-0.15, -0.1) is 23.1 Å². The van der Waals surface area contributed by atoms with Gasteiger partial charge in [-0.2, -0.15) is 0 Å². The quantitative estimate of drug-likeness (QED) is 0.831. The summed E-state index contributed by atoms with van der Waals surface area (Å²) in [5.41, 5.74) is 0. The second kappa shape index (κ2) is 6.98. The second-order valence-corrected chi connectivity index (χ2v) is 6.51. The van der Waals surface area contributed by atoms with E-state index in [9.17, 15) is 4.79 Å². The van der Waals surface area contributed by atoms with E-state index in [1.807, 2.05) is 48.7 Å². The minimum Gasteiger partial charge on any atom is -0.348 e. The molecule has 0 aliphatic heterocycles. The molecule has 1 unspecified atom stereocenters. The van der Waals surface area contributed by atoms with E-state index in [1.54, 1.807) is 11.3 Å². The molecule has 1 amide bonds. The van der Waals surface area contributed by atoms with Crippen molar-refractivity contribution in [2.75, 3.05) is 5.75 Å². The number of carbonyl (C=O) groups excluding carboxylic acids is 1. The van der Waals surface area contributed by atoms with Crippen LogP contribution in [0.2, 0.25) is 5.02 Å². The van der Waals surface area contributed by atoms with Gasteiger partial charge in [-0.25, -0.2) is 0 Å². The number of hydrogen-bond donors (Lipinski definition) is 1. The largest absolute Gasteiger partial charge is 0.348 e. The first-order valence-electron chi connectivity index (χ1n) is 5.86. The van der Waals surface area contributed by atoms with E-state index in [0.717, 1.165) is 4.90 Å². The van der Waals surface area contributed by atoms with E-state index < -0.39 is 0 Å². The number of rotatable bonds is 5. The molecule has 0 saturated heterocycles. The zero-order valence-electron chi connectivity index (χ0n) is 10.4. The first-order chi connectivity index (χ1) is 9.15. The molecule has 1 atom stereocenters. The summed E-state index contributed by atoms with van der Waals surface area (Å²) in [5.74, 6) is 0.456. The lowest BCUT2D eigenvalue weighted by Gasteiger charge is -2.11. The second-order valence-electron chi connectivity index (χ2n) is 4.05. The molecule has 100 valence electrons. The van der Waals surface area contributed by atoms with Crippen LogP contribution in [0.25, 0.3) is 0 Å². The van der Waals surface area contributed by atoms with Crippen molar-refractivity contribution in [3.05, 3.63) is 51.7 Å². The van der Waals surface area contributed by atoms with Crippen molar-refractivity contribution in [1.29, 1.82) is 0 Å². The summed E-state index contributed by atoms with van der Waals surface area (Å²) < 4.78 is 0. The number of nitrogens with one attached hydrogen (secondary N) is 1. The predicted octanol–water partition coefficient (Wildman–Crippen LogP) is 4.37. The summed E-state index contributed by atoms with van der Waals surface area (Å²) in [4.78, 5) is 14.1. The Morgan fingerprint density at radius 1 is 1.37 bits per heavy atom. The molecule has 0 saturated carbocycles. The third kappa shape index (κ3) is 4.56. The summed E-state index contributed by atoms with van der Waals surface area (Å²) >= 11 is 8.97. The van der Waals surface area contributed by atoms with Gasteiger partial charge in [-0.1, -0.05) is 17.7 Å². The van der Waals surface area contributed by atoms with Crippen molar-refractivity contribution in [3.8, 4) is 0 Å². The highest BCUT2D eigenvalue weighted by Gasteiger charge is 2.10. The summed E-state index contributed by atoms with van der Waals surface area (Å²) in [6.07, 6.45) is 0. The van der Waals surface area contributed by atoms with Gasteiger partial charge >= 0.3 is 0 Å². The van der Waals surface area contributed by atoms with Crippen LogP contribution in [0, 0.1) is 0 Å². The maximum Gasteiger partial charge on any atom is 0.230 e. The number of amides is 1. The SMILES string of the molecule is CC(NC(=O)CSc1ccc(Cl)cc1)c1cccs1. The Hall–Kier alpha value is -0.970. The molecule has 0 aliphatic rings. The highest BCUT2D eigenvalue weighted by Crippen LogP contribution is 2.21. The Morgan fingerprint density at radius 2 is 2.11 bits per heavy atom. The van der Waals surface area contributed by atoms with Crippen molar-refractivity contribution in [3.63, 3.8) is 0 Å². The fraction of sp³-hybridized carbons (Fsp3) is 0.214. The lowest BCUT2D eigenvalue weighted by Crippen LogP contribution is -2.27. The van der Waals surface area contributed by atoms with E-state index in [2.05, 4.69) is 5.32 Å². The summed E-state index contributed by atoms with van der Waals surface area (Å²) in [6.45, 7) is 2.00. The van der Waals surface area contributed by atoms with Crippen molar-refractivity contribution in [1.82, 2.24) is 5.32 Å². The van der Waals surface area contributed by atoms with Crippen molar-refractivity contribution >= 4 is 40.6 Å². The van der Waals surface area contributed by atoms with Gasteiger partial charge in [0.25, 0.3) is 0 Å². The van der Waals surface area contributed by atoms with E-state index in [-0.39, 0.29) is 11.9 Å². The van der Waals surface area contributed by atoms with Gasteiger partial charge < -0.3 is 5.32 Å². The van der Waals surface area contributed by atoms with Gasteiger partial charge in [0, 0.05) is 14.8 Å². The molecule has 0 aliphatic carbocycles. The molecule has 0 spiro atoms. The van der Waals surface area contributed by atoms with Crippen LogP contribution in [0.15, 0.2) is 46.7 Å². The first kappa shape index (κ1) is 14.4. The molecular weight excluding hydrogens is 298 g/mol. The van der Waals surface area contributed by atoms with Crippen LogP contribution in [0.3, 0.4) is 0 Å². The lowest BCUT2D eigenvalue weighted by atomic mass is 10.3. The van der Waals surface area contributed by atoms with Gasteiger partial charge in [0.1, 0.15) is 0 Å². The van der Waals surface area contributed by atoms with Crippen molar-refractivity contribution < 1.29 is 4.79 Å². The van der Waals surface area contributed by atoms with Crippen molar-refractivity contribution in [2.45, 2.75) is 17.9 Å². The molecular formula is C14H14ClNOS2. The molecule has 1 aromatic heterocycles. The molecule has 1 aromatic carbocycles. The number of hydrogen-bond acceptors (Lipinski definition) is 3. The molecule has 5 heteroatoms. The molecule has 0 bridgehead atoms. The van der Waals surface area contributed by atoms with Crippen LogP contribution in [0.1, 0.15) is 17.8 Å². The smallest absolute Gasteiger partial charge is 0.230 e. The fourth-order valence-electron chi connectivity index (χ4n) is 1.57. The zero-order valence-corrected chi connectivity index (χ0v) is 12.8. The van der Waals surface area contributed by atoms with Crippen molar-refractivity contribution in [2.24, 2.45) is 0 Å². The first-order valence-corrected chi connectivity index (χ1v) is 8.10. The standard InChI is InChI=1S/C14H14ClNOS2/c1-10(13-3-2-8-18-13)16-14(17)9-19-12-6-4-11(15)5-7-12/h2-8,10H,9H2,1H3,(H,16,17). The number of thioether (sulfide) groups is 1. The topological polar surface area (TPSA) is 29.1 Å². The van der Waals surface area contributed by atoms with E-state index in [0.29, 0.717) is 10.8 Å². The average molecular weight is 312 g/mol. The summed E-state index contributed by atoms with van der Waals surface area (Å²) in [7, 11) is 0. The van der Waals surface area contributed by atoms with E-state index in [1.165, 1.54) is 16.6 Å². The lowest BCUT2D eigenvalue weighted by molar-refractivity contribution is -0.119. The number of halogens is 1. The fourth-order valence-corrected chi connectivity index (χ4v) is 3.14. The van der Waals surface area contributed by atoms with Crippen LogP contribution in [-0.2, 0) is 4.79 Å². The Bertz CT molecular complexity index is 525. The van der Waals surface area contributed by atoms with Gasteiger partial charge in [-0.05, 0) is 42.6 Å². The minimum absolute atomic E-state index is 0.0425. The van der Waals surface area contributed by atoms with Crippen LogP contribution in [0.4, 0.5) is 0 Å². The number of benzene rings is 1. The molecule has 0 fully saturated rings. The van der Waals surface area contributed by atoms with Gasteiger partial charge in [0.05, 0.1) is 11.8 Å². The number of thiophene rings is 1. The van der Waals surface area contributed by atoms with Crippen LogP contribution < -0.4 is 5.32 Å². The maximum atomic E-state index is 11.8. The Morgan fingerprint density at radius 3 is 2.74 bits per heavy atom. The Balaban J connectivity index is 1.80. The molecule has 2 rings (SSSR count). The van der Waals surface area contributed by atoms with Gasteiger partial charge in [0.2, 0.25) is 5.91 Å². The predicted molar refractivity (Wildman–Crippen MR) is 83.1 cm³/mol. The third-order valence-corrected chi connectivity index (χ3v) is 4.85. The number of carbonyl (C=O) groups is 1. The average Bonchev–Trinajstić information content (AvgIpc) is 2.92. The van der Waals surface area contributed by atoms with Gasteiger partial charge in [0.15, 0.2) is 0 Å². The molecule has 1 N–H and O–H groups in total. The molecule has 1 heterocycles. The van der Waals surface area contributed by atoms with E-state index in [4.69, 9.17) is 11.6 Å². The zero-order chi connectivity index (χ0) is 13.7. The maximum absolute atomic E-state index is 11.8. The van der Waals surface area contributed by atoms with E-state index >= 15 is 0 Å². The minimum atomic E-state index is 0.0425. The molecule has 19 heavy (non-hydrogen) atoms.